The summed E-state index contributed by atoms with van der Waals surface area (Å²) >= 11 is 1.18. The lowest BCUT2D eigenvalue weighted by molar-refractivity contribution is -0.140. The average Bonchev–Trinajstić information content (AvgIpc) is 3.50. The van der Waals surface area contributed by atoms with E-state index in [2.05, 4.69) is 4.99 Å². The van der Waals surface area contributed by atoms with Crippen molar-refractivity contribution in [3.63, 3.8) is 0 Å². The zero-order chi connectivity index (χ0) is 27.7. The minimum Gasteiger partial charge on any atom is -0.493 e. The average molecular weight is 553 g/mol. The molecule has 3 aromatic rings. The van der Waals surface area contributed by atoms with Crippen molar-refractivity contribution in [1.82, 2.24) is 4.57 Å². The Kier molecular flexibility index (Phi) is 7.11. The SMILES string of the molecule is CCOC(=O)C1=C(C)N=c2s/c(=C/c3ccc(OCC(=O)O)c(OC)c3)c(=O)n2C1c1ccc2c(c1)OCO2. The Morgan fingerprint density at radius 2 is 1.97 bits per heavy atom. The van der Waals surface area contributed by atoms with Crippen molar-refractivity contribution in [2.45, 2.75) is 19.9 Å². The van der Waals surface area contributed by atoms with Crippen LogP contribution in [0.3, 0.4) is 0 Å². The van der Waals surface area contributed by atoms with E-state index in [1.54, 1.807) is 56.3 Å². The molecule has 0 spiro atoms. The van der Waals surface area contributed by atoms with Gasteiger partial charge in [0.15, 0.2) is 34.4 Å². The Morgan fingerprint density at radius 1 is 1.18 bits per heavy atom. The van der Waals surface area contributed by atoms with E-state index in [-0.39, 0.29) is 30.3 Å². The molecule has 0 aliphatic carbocycles. The summed E-state index contributed by atoms with van der Waals surface area (Å²) in [6.45, 7) is 3.16. The van der Waals surface area contributed by atoms with Gasteiger partial charge in [0, 0.05) is 0 Å². The lowest BCUT2D eigenvalue weighted by Crippen LogP contribution is -2.39. The fraction of sp³-hybridized carbons (Fsp3) is 0.259. The largest absolute Gasteiger partial charge is 0.493 e. The Morgan fingerprint density at radius 3 is 2.72 bits per heavy atom. The van der Waals surface area contributed by atoms with Gasteiger partial charge in [0.05, 0.1) is 35.6 Å². The smallest absolute Gasteiger partial charge is 0.341 e. The van der Waals surface area contributed by atoms with E-state index in [0.29, 0.717) is 43.4 Å². The van der Waals surface area contributed by atoms with Gasteiger partial charge in [-0.2, -0.15) is 0 Å². The summed E-state index contributed by atoms with van der Waals surface area (Å²) in [6, 6.07) is 9.38. The number of carboxylic acids is 1. The van der Waals surface area contributed by atoms with Crippen molar-refractivity contribution < 1.29 is 38.4 Å². The number of ether oxygens (including phenoxy) is 5. The van der Waals surface area contributed by atoms with E-state index in [1.807, 2.05) is 0 Å². The number of nitrogens with zero attached hydrogens (tertiary/aromatic N) is 2. The molecule has 0 amide bonds. The molecular weight excluding hydrogens is 528 g/mol. The second kappa shape index (κ2) is 10.7. The fourth-order valence-electron chi connectivity index (χ4n) is 4.37. The molecule has 2 aromatic carbocycles. The molecule has 2 aliphatic heterocycles. The van der Waals surface area contributed by atoms with Crippen LogP contribution in [-0.4, -0.2) is 48.7 Å². The van der Waals surface area contributed by atoms with Gasteiger partial charge in [0.25, 0.3) is 5.56 Å². The summed E-state index contributed by atoms with van der Waals surface area (Å²) in [7, 11) is 1.44. The number of aliphatic carboxylic acids is 1. The van der Waals surface area contributed by atoms with Gasteiger partial charge in [-0.25, -0.2) is 14.6 Å². The first-order valence-corrected chi connectivity index (χ1v) is 12.7. The maximum Gasteiger partial charge on any atom is 0.341 e. The number of fused-ring (bicyclic) bond motifs is 2. The van der Waals surface area contributed by atoms with Crippen molar-refractivity contribution in [1.29, 1.82) is 0 Å². The van der Waals surface area contributed by atoms with Crippen molar-refractivity contribution in [3.8, 4) is 23.0 Å². The van der Waals surface area contributed by atoms with Crippen LogP contribution in [0.4, 0.5) is 0 Å². The highest BCUT2D eigenvalue weighted by Crippen LogP contribution is 2.38. The summed E-state index contributed by atoms with van der Waals surface area (Å²) in [4.78, 5) is 42.7. The van der Waals surface area contributed by atoms with E-state index >= 15 is 0 Å². The number of carboxylic acid groups (broad SMARTS) is 1. The predicted octanol–water partition coefficient (Wildman–Crippen LogP) is 2.00. The Bertz CT molecular complexity index is 1690. The molecule has 0 saturated carbocycles. The van der Waals surface area contributed by atoms with Crippen LogP contribution in [0.5, 0.6) is 23.0 Å². The van der Waals surface area contributed by atoms with Gasteiger partial charge in [0.2, 0.25) is 6.79 Å². The lowest BCUT2D eigenvalue weighted by Gasteiger charge is -2.24. The van der Waals surface area contributed by atoms with Crippen LogP contribution in [0.1, 0.15) is 31.0 Å². The third kappa shape index (κ3) is 4.98. The van der Waals surface area contributed by atoms with Gasteiger partial charge < -0.3 is 28.8 Å². The number of thiazole rings is 1. The number of methoxy groups -OCH3 is 1. The molecule has 12 heteroatoms. The molecule has 11 nitrogen and oxygen atoms in total. The van der Waals surface area contributed by atoms with Crippen molar-refractivity contribution in [2.24, 2.45) is 4.99 Å². The van der Waals surface area contributed by atoms with E-state index < -0.39 is 24.6 Å². The van der Waals surface area contributed by atoms with Gasteiger partial charge in [-0.1, -0.05) is 23.5 Å². The Labute approximate surface area is 225 Å². The maximum atomic E-state index is 13.8. The fourth-order valence-corrected chi connectivity index (χ4v) is 5.42. The number of hydrogen-bond donors (Lipinski definition) is 1. The van der Waals surface area contributed by atoms with E-state index in [0.717, 1.165) is 0 Å². The van der Waals surface area contributed by atoms with Crippen LogP contribution in [0.25, 0.3) is 6.08 Å². The van der Waals surface area contributed by atoms with Crippen molar-refractivity contribution in [2.75, 3.05) is 27.1 Å². The van der Waals surface area contributed by atoms with Gasteiger partial charge in [-0.15, -0.1) is 0 Å². The Hall–Kier alpha value is -4.58. The molecule has 1 aromatic heterocycles. The predicted molar refractivity (Wildman–Crippen MR) is 139 cm³/mol. The molecule has 202 valence electrons. The Balaban J connectivity index is 1.63. The van der Waals surface area contributed by atoms with Crippen LogP contribution >= 0.6 is 11.3 Å². The van der Waals surface area contributed by atoms with E-state index in [4.69, 9.17) is 28.8 Å². The molecule has 5 rings (SSSR count). The number of carbonyl (C=O) groups excluding carboxylic acids is 1. The van der Waals surface area contributed by atoms with Crippen LogP contribution in [0, 0.1) is 0 Å². The van der Waals surface area contributed by atoms with E-state index in [1.165, 1.54) is 23.0 Å². The molecule has 0 bridgehead atoms. The number of rotatable bonds is 8. The van der Waals surface area contributed by atoms with Gasteiger partial charge in [0.1, 0.15) is 0 Å². The molecule has 1 N–H and O–H groups in total. The van der Waals surface area contributed by atoms with Gasteiger partial charge in [-0.3, -0.25) is 9.36 Å². The highest BCUT2D eigenvalue weighted by Gasteiger charge is 2.34. The van der Waals surface area contributed by atoms with Crippen molar-refractivity contribution >= 4 is 29.4 Å². The molecule has 2 aliphatic rings. The molecule has 1 unspecified atom stereocenters. The molecular formula is C27H24N2O9S. The van der Waals surface area contributed by atoms with Gasteiger partial charge in [-0.05, 0) is 55.3 Å². The number of hydrogen-bond acceptors (Lipinski definition) is 10. The normalized spacial score (nSPS) is 16.0. The van der Waals surface area contributed by atoms with Crippen LogP contribution in [0.15, 0.2) is 57.5 Å². The molecule has 1 atom stereocenters. The third-order valence-corrected chi connectivity index (χ3v) is 7.05. The van der Waals surface area contributed by atoms with Crippen LogP contribution in [-0.2, 0) is 14.3 Å². The zero-order valence-corrected chi connectivity index (χ0v) is 22.1. The van der Waals surface area contributed by atoms with Crippen LogP contribution in [0.2, 0.25) is 0 Å². The highest BCUT2D eigenvalue weighted by molar-refractivity contribution is 7.07. The number of esters is 1. The molecule has 3 heterocycles. The molecule has 0 radical (unpaired) electrons. The summed E-state index contributed by atoms with van der Waals surface area (Å²) in [6.07, 6.45) is 1.67. The summed E-state index contributed by atoms with van der Waals surface area (Å²) in [5, 5.41) is 8.89. The number of benzene rings is 2. The number of allylic oxidation sites excluding steroid dienone is 1. The topological polar surface area (TPSA) is 135 Å². The number of aromatic nitrogens is 1. The lowest BCUT2D eigenvalue weighted by atomic mass is 9.95. The third-order valence-electron chi connectivity index (χ3n) is 6.07. The van der Waals surface area contributed by atoms with E-state index in [9.17, 15) is 14.4 Å². The summed E-state index contributed by atoms with van der Waals surface area (Å²) in [5.41, 5.74) is 1.63. The quantitative estimate of drug-likeness (QED) is 0.416. The summed E-state index contributed by atoms with van der Waals surface area (Å²) in [5.74, 6) is 0.000607. The minimum absolute atomic E-state index is 0.0880. The summed E-state index contributed by atoms with van der Waals surface area (Å²) < 4.78 is 28.8. The second-order valence-electron chi connectivity index (χ2n) is 8.51. The zero-order valence-electron chi connectivity index (χ0n) is 21.3. The maximum absolute atomic E-state index is 13.8. The molecule has 0 fully saturated rings. The molecule has 0 saturated heterocycles. The first kappa shape index (κ1) is 26.0. The molecule has 39 heavy (non-hydrogen) atoms. The van der Waals surface area contributed by atoms with Crippen molar-refractivity contribution in [3.05, 3.63) is 78.5 Å². The minimum atomic E-state index is -1.11. The number of carbonyl (C=O) groups is 2. The second-order valence-corrected chi connectivity index (χ2v) is 9.52. The first-order chi connectivity index (χ1) is 18.8. The monoisotopic (exact) mass is 552 g/mol. The highest BCUT2D eigenvalue weighted by atomic mass is 32.1. The first-order valence-electron chi connectivity index (χ1n) is 11.9. The van der Waals surface area contributed by atoms with Crippen LogP contribution < -0.4 is 33.8 Å². The van der Waals surface area contributed by atoms with Gasteiger partial charge >= 0.3 is 11.9 Å². The standard InChI is InChI=1S/C27H24N2O9S/c1-4-35-26(33)23-14(2)28-27-29(24(23)16-6-8-18-20(11-16)38-13-37-18)25(32)21(39-27)10-15-5-7-17(19(9-15)34-3)36-12-22(30)31/h5-11,24H,4,12-13H2,1-3H3,(H,30,31)/b21-10+.